The Hall–Kier alpha value is -2.71. The number of fused-ring (bicyclic) bond motifs is 1. The molecular formula is C15H20N8O. The monoisotopic (exact) mass is 328 g/mol. The van der Waals surface area contributed by atoms with Crippen molar-refractivity contribution in [2.45, 2.75) is 26.2 Å². The normalized spacial score (nSPS) is 18.4. The standard InChI is InChI=1S/C15H20N8O/c1-9-18-12(21-24-9)6-10-4-3-5-23(8-10)15-19-13(16)11-7-17-22(2)14(11)20-15/h7,10H,3-6,8H2,1-2H3,(H2,16,19,20)/t10-/m0/s1. The van der Waals surface area contributed by atoms with Crippen LogP contribution in [0.15, 0.2) is 10.7 Å². The lowest BCUT2D eigenvalue weighted by molar-refractivity contribution is 0.369. The van der Waals surface area contributed by atoms with E-state index in [0.29, 0.717) is 23.6 Å². The average molecular weight is 328 g/mol. The fourth-order valence-electron chi connectivity index (χ4n) is 3.27. The summed E-state index contributed by atoms with van der Waals surface area (Å²) in [6.07, 6.45) is 4.71. The van der Waals surface area contributed by atoms with Crippen molar-refractivity contribution in [3.05, 3.63) is 17.9 Å². The molecule has 9 heteroatoms. The highest BCUT2D eigenvalue weighted by Crippen LogP contribution is 2.26. The summed E-state index contributed by atoms with van der Waals surface area (Å²) < 4.78 is 6.78. The predicted molar refractivity (Wildman–Crippen MR) is 88.4 cm³/mol. The molecule has 3 aromatic rings. The van der Waals surface area contributed by atoms with Gasteiger partial charge in [0.25, 0.3) is 0 Å². The van der Waals surface area contributed by atoms with Crippen LogP contribution in [0.2, 0.25) is 0 Å². The van der Waals surface area contributed by atoms with Crippen molar-refractivity contribution in [1.82, 2.24) is 29.9 Å². The van der Waals surface area contributed by atoms with E-state index in [9.17, 15) is 0 Å². The Morgan fingerprint density at radius 3 is 3.00 bits per heavy atom. The molecule has 4 heterocycles. The Kier molecular flexibility index (Phi) is 3.55. The van der Waals surface area contributed by atoms with Gasteiger partial charge in [0.15, 0.2) is 11.5 Å². The summed E-state index contributed by atoms with van der Waals surface area (Å²) in [4.78, 5) is 15.6. The van der Waals surface area contributed by atoms with Gasteiger partial charge in [-0.15, -0.1) is 0 Å². The average Bonchev–Trinajstić information content (AvgIpc) is 3.14. The summed E-state index contributed by atoms with van der Waals surface area (Å²) >= 11 is 0. The summed E-state index contributed by atoms with van der Waals surface area (Å²) in [5.41, 5.74) is 6.83. The van der Waals surface area contributed by atoms with Gasteiger partial charge in [0, 0.05) is 33.5 Å². The molecule has 0 aliphatic carbocycles. The molecule has 1 aliphatic heterocycles. The Morgan fingerprint density at radius 1 is 1.33 bits per heavy atom. The molecule has 1 aliphatic rings. The predicted octanol–water partition coefficient (Wildman–Crippen LogP) is 1.10. The van der Waals surface area contributed by atoms with E-state index in [2.05, 4.69) is 30.1 Å². The van der Waals surface area contributed by atoms with E-state index in [0.717, 1.165) is 49.2 Å². The molecule has 0 bridgehead atoms. The first-order valence-electron chi connectivity index (χ1n) is 8.09. The lowest BCUT2D eigenvalue weighted by atomic mass is 9.95. The van der Waals surface area contributed by atoms with E-state index in [1.807, 2.05) is 14.0 Å². The van der Waals surface area contributed by atoms with Gasteiger partial charge >= 0.3 is 0 Å². The van der Waals surface area contributed by atoms with Crippen LogP contribution in [-0.2, 0) is 13.5 Å². The minimum atomic E-state index is 0.447. The minimum absolute atomic E-state index is 0.447. The second-order valence-corrected chi connectivity index (χ2v) is 6.30. The SMILES string of the molecule is Cc1nc(C[C@@H]2CCCN(c3nc(N)c4cnn(C)c4n3)C2)no1. The molecule has 9 nitrogen and oxygen atoms in total. The Balaban J connectivity index is 1.56. The Labute approximate surface area is 138 Å². The summed E-state index contributed by atoms with van der Waals surface area (Å²) in [6, 6.07) is 0. The molecular weight excluding hydrogens is 308 g/mol. The maximum atomic E-state index is 6.07. The zero-order chi connectivity index (χ0) is 16.7. The first kappa shape index (κ1) is 14.9. The minimum Gasteiger partial charge on any atom is -0.383 e. The first-order chi connectivity index (χ1) is 11.6. The molecule has 24 heavy (non-hydrogen) atoms. The van der Waals surface area contributed by atoms with Crippen molar-refractivity contribution in [3.63, 3.8) is 0 Å². The number of aryl methyl sites for hydroxylation is 2. The van der Waals surface area contributed by atoms with E-state index in [-0.39, 0.29) is 0 Å². The van der Waals surface area contributed by atoms with Gasteiger partial charge in [0.2, 0.25) is 11.8 Å². The molecule has 0 aromatic carbocycles. The quantitative estimate of drug-likeness (QED) is 0.760. The van der Waals surface area contributed by atoms with Crippen LogP contribution in [0.4, 0.5) is 11.8 Å². The lowest BCUT2D eigenvalue weighted by Crippen LogP contribution is -2.37. The zero-order valence-electron chi connectivity index (χ0n) is 13.8. The summed E-state index contributed by atoms with van der Waals surface area (Å²) in [7, 11) is 1.86. The van der Waals surface area contributed by atoms with Crippen molar-refractivity contribution in [2.24, 2.45) is 13.0 Å². The molecule has 0 unspecified atom stereocenters. The van der Waals surface area contributed by atoms with Crippen LogP contribution in [-0.4, -0.2) is 43.0 Å². The van der Waals surface area contributed by atoms with Crippen molar-refractivity contribution in [2.75, 3.05) is 23.7 Å². The number of hydrogen-bond donors (Lipinski definition) is 1. The van der Waals surface area contributed by atoms with Gasteiger partial charge in [-0.25, -0.2) is 0 Å². The van der Waals surface area contributed by atoms with Crippen LogP contribution < -0.4 is 10.6 Å². The molecule has 1 atom stereocenters. The van der Waals surface area contributed by atoms with Crippen LogP contribution in [0.1, 0.15) is 24.6 Å². The molecule has 3 aromatic heterocycles. The number of aromatic nitrogens is 6. The van der Waals surface area contributed by atoms with Crippen molar-refractivity contribution in [3.8, 4) is 0 Å². The molecule has 4 rings (SSSR count). The number of hydrogen-bond acceptors (Lipinski definition) is 8. The van der Waals surface area contributed by atoms with Gasteiger partial charge in [-0.05, 0) is 18.8 Å². The number of anilines is 2. The highest BCUT2D eigenvalue weighted by molar-refractivity contribution is 5.86. The van der Waals surface area contributed by atoms with Crippen LogP contribution in [0.5, 0.6) is 0 Å². The van der Waals surface area contributed by atoms with E-state index in [1.165, 1.54) is 0 Å². The van der Waals surface area contributed by atoms with Gasteiger partial charge in [-0.3, -0.25) is 4.68 Å². The first-order valence-corrected chi connectivity index (χ1v) is 8.09. The lowest BCUT2D eigenvalue weighted by Gasteiger charge is -2.32. The van der Waals surface area contributed by atoms with E-state index in [4.69, 9.17) is 10.3 Å². The van der Waals surface area contributed by atoms with E-state index in [1.54, 1.807) is 10.9 Å². The van der Waals surface area contributed by atoms with Gasteiger partial charge in [-0.2, -0.15) is 20.1 Å². The van der Waals surface area contributed by atoms with Crippen LogP contribution in [0.3, 0.4) is 0 Å². The number of piperidine rings is 1. The van der Waals surface area contributed by atoms with Gasteiger partial charge in [0.05, 0.1) is 11.6 Å². The summed E-state index contributed by atoms with van der Waals surface area (Å²) in [5, 5.41) is 8.99. The van der Waals surface area contributed by atoms with Crippen LogP contribution in [0, 0.1) is 12.8 Å². The number of nitrogen functional groups attached to an aromatic ring is 1. The number of nitrogens with two attached hydrogens (primary N) is 1. The van der Waals surface area contributed by atoms with Gasteiger partial charge in [0.1, 0.15) is 5.82 Å². The molecule has 1 saturated heterocycles. The third-order valence-electron chi connectivity index (χ3n) is 4.45. The fraction of sp³-hybridized carbons (Fsp3) is 0.533. The van der Waals surface area contributed by atoms with E-state index < -0.39 is 0 Å². The zero-order valence-corrected chi connectivity index (χ0v) is 13.8. The van der Waals surface area contributed by atoms with Crippen LogP contribution in [0.25, 0.3) is 11.0 Å². The Bertz CT molecular complexity index is 870. The maximum absolute atomic E-state index is 6.07. The highest BCUT2D eigenvalue weighted by Gasteiger charge is 2.24. The van der Waals surface area contributed by atoms with Crippen LogP contribution >= 0.6 is 0 Å². The topological polar surface area (TPSA) is 112 Å². The molecule has 1 fully saturated rings. The third-order valence-corrected chi connectivity index (χ3v) is 4.45. The highest BCUT2D eigenvalue weighted by atomic mass is 16.5. The molecule has 0 amide bonds. The maximum Gasteiger partial charge on any atom is 0.229 e. The van der Waals surface area contributed by atoms with Crippen molar-refractivity contribution < 1.29 is 4.52 Å². The van der Waals surface area contributed by atoms with E-state index >= 15 is 0 Å². The fourth-order valence-corrected chi connectivity index (χ4v) is 3.27. The molecule has 0 spiro atoms. The number of nitrogens with zero attached hydrogens (tertiary/aromatic N) is 7. The summed E-state index contributed by atoms with van der Waals surface area (Å²) in [6.45, 7) is 3.59. The number of rotatable bonds is 3. The molecule has 0 saturated carbocycles. The van der Waals surface area contributed by atoms with Crippen molar-refractivity contribution in [1.29, 1.82) is 0 Å². The smallest absolute Gasteiger partial charge is 0.229 e. The second-order valence-electron chi connectivity index (χ2n) is 6.30. The van der Waals surface area contributed by atoms with Gasteiger partial charge in [-0.1, -0.05) is 5.16 Å². The Morgan fingerprint density at radius 2 is 2.21 bits per heavy atom. The second kappa shape index (κ2) is 5.73. The molecule has 0 radical (unpaired) electrons. The largest absolute Gasteiger partial charge is 0.383 e. The molecule has 2 N–H and O–H groups in total. The van der Waals surface area contributed by atoms with Gasteiger partial charge < -0.3 is 15.2 Å². The van der Waals surface area contributed by atoms with Crippen molar-refractivity contribution >= 4 is 22.8 Å². The summed E-state index contributed by atoms with van der Waals surface area (Å²) in [5.74, 6) is 2.96. The molecule has 126 valence electrons. The third kappa shape index (κ3) is 2.66.